The Kier molecular flexibility index (Phi) is 3.06. The number of carbonyl (C=O) groups is 2. The molecule has 1 aromatic carbocycles. The fraction of sp³-hybridized carbons (Fsp3) is 0.273. The smallest absolute Gasteiger partial charge is 0.249 e. The number of amides is 2. The predicted octanol–water partition coefficient (Wildman–Crippen LogP) is 0.883. The van der Waals surface area contributed by atoms with Crippen LogP contribution >= 0.6 is 15.9 Å². The number of piperazine rings is 1. The molecule has 6 heteroatoms. The molecule has 0 aromatic heterocycles. The summed E-state index contributed by atoms with van der Waals surface area (Å²) in [5, 5.41) is 2.29. The Morgan fingerprint density at radius 3 is 2.82 bits per heavy atom. The number of carbonyl (C=O) groups excluding carboxylic acids is 2. The molecule has 1 fully saturated rings. The first kappa shape index (κ1) is 11.9. The van der Waals surface area contributed by atoms with Gasteiger partial charge in [-0.15, -0.1) is 0 Å². The lowest BCUT2D eigenvalue weighted by Crippen LogP contribution is -2.57. The lowest BCUT2D eigenvalue weighted by Gasteiger charge is -2.34. The third-order valence-electron chi connectivity index (χ3n) is 2.72. The van der Waals surface area contributed by atoms with Crippen molar-refractivity contribution in [2.75, 3.05) is 17.2 Å². The number of hydrogen-bond acceptors (Lipinski definition) is 4. The van der Waals surface area contributed by atoms with E-state index in [1.165, 1.54) is 0 Å². The van der Waals surface area contributed by atoms with Crippen LogP contribution in [0.15, 0.2) is 22.7 Å². The van der Waals surface area contributed by atoms with Crippen molar-refractivity contribution in [2.45, 2.75) is 13.0 Å². The molecule has 90 valence electrons. The minimum Gasteiger partial charge on any atom is -0.397 e. The number of nitrogens with two attached hydrogens (primary N) is 1. The van der Waals surface area contributed by atoms with Gasteiger partial charge in [0.15, 0.2) is 0 Å². The van der Waals surface area contributed by atoms with Crippen LogP contribution in [0.3, 0.4) is 0 Å². The van der Waals surface area contributed by atoms with Gasteiger partial charge in [-0.25, -0.2) is 0 Å². The summed E-state index contributed by atoms with van der Waals surface area (Å²) >= 11 is 3.31. The topological polar surface area (TPSA) is 75.4 Å². The highest BCUT2D eigenvalue weighted by molar-refractivity contribution is 9.10. The van der Waals surface area contributed by atoms with Crippen molar-refractivity contribution >= 4 is 39.1 Å². The van der Waals surface area contributed by atoms with Crippen LogP contribution in [-0.4, -0.2) is 24.4 Å². The van der Waals surface area contributed by atoms with Gasteiger partial charge in [-0.2, -0.15) is 0 Å². The zero-order valence-corrected chi connectivity index (χ0v) is 10.8. The molecule has 5 nitrogen and oxygen atoms in total. The van der Waals surface area contributed by atoms with Crippen molar-refractivity contribution < 1.29 is 9.59 Å². The largest absolute Gasteiger partial charge is 0.397 e. The summed E-state index contributed by atoms with van der Waals surface area (Å²) < 4.78 is 0.860. The molecule has 1 aliphatic rings. The van der Waals surface area contributed by atoms with E-state index >= 15 is 0 Å². The average Bonchev–Trinajstić information content (AvgIpc) is 2.24. The molecule has 0 spiro atoms. The van der Waals surface area contributed by atoms with Gasteiger partial charge in [0.1, 0.15) is 6.04 Å². The van der Waals surface area contributed by atoms with Crippen molar-refractivity contribution in [3.63, 3.8) is 0 Å². The summed E-state index contributed by atoms with van der Waals surface area (Å²) in [7, 11) is 0. The van der Waals surface area contributed by atoms with Crippen LogP contribution in [0.25, 0.3) is 0 Å². The van der Waals surface area contributed by atoms with Crippen molar-refractivity contribution in [1.29, 1.82) is 0 Å². The lowest BCUT2D eigenvalue weighted by atomic mass is 10.1. The molecule has 1 saturated heterocycles. The van der Waals surface area contributed by atoms with E-state index in [1.807, 2.05) is 6.07 Å². The lowest BCUT2D eigenvalue weighted by molar-refractivity contribution is -0.132. The first-order valence-electron chi connectivity index (χ1n) is 5.14. The second kappa shape index (κ2) is 4.37. The van der Waals surface area contributed by atoms with Crippen molar-refractivity contribution in [1.82, 2.24) is 5.32 Å². The molecule has 0 saturated carbocycles. The third-order valence-corrected chi connectivity index (χ3v) is 3.22. The Morgan fingerprint density at radius 1 is 1.47 bits per heavy atom. The third kappa shape index (κ3) is 2.26. The maximum atomic E-state index is 11.5. The Morgan fingerprint density at radius 2 is 2.18 bits per heavy atom. The molecule has 2 rings (SSSR count). The summed E-state index contributed by atoms with van der Waals surface area (Å²) in [6.45, 7) is 1.88. The van der Waals surface area contributed by atoms with Gasteiger partial charge >= 0.3 is 0 Å². The second-order valence-corrected chi connectivity index (χ2v) is 4.84. The van der Waals surface area contributed by atoms with Crippen LogP contribution < -0.4 is 16.0 Å². The predicted molar refractivity (Wildman–Crippen MR) is 68.5 cm³/mol. The van der Waals surface area contributed by atoms with E-state index in [-0.39, 0.29) is 18.4 Å². The second-order valence-electron chi connectivity index (χ2n) is 3.92. The quantitative estimate of drug-likeness (QED) is 0.596. The summed E-state index contributed by atoms with van der Waals surface area (Å²) in [5.74, 6) is -0.612. The number of benzene rings is 1. The SMILES string of the molecule is CC1C(=O)NC(=O)CN1c1ccc(Br)cc1N. The number of rotatable bonds is 1. The highest BCUT2D eigenvalue weighted by atomic mass is 79.9. The van der Waals surface area contributed by atoms with Gasteiger partial charge in [-0.3, -0.25) is 14.9 Å². The van der Waals surface area contributed by atoms with Crippen LogP contribution in [-0.2, 0) is 9.59 Å². The number of hydrogen-bond donors (Lipinski definition) is 2. The molecule has 1 heterocycles. The van der Waals surface area contributed by atoms with Gasteiger partial charge in [-0.1, -0.05) is 15.9 Å². The number of nitrogen functional groups attached to an aromatic ring is 1. The molecule has 1 atom stereocenters. The number of anilines is 2. The number of nitrogens with one attached hydrogen (secondary N) is 1. The highest BCUT2D eigenvalue weighted by Gasteiger charge is 2.31. The van der Waals surface area contributed by atoms with Gasteiger partial charge in [-0.05, 0) is 25.1 Å². The van der Waals surface area contributed by atoms with Crippen molar-refractivity contribution in [2.24, 2.45) is 0 Å². The minimum atomic E-state index is -0.406. The van der Waals surface area contributed by atoms with E-state index in [4.69, 9.17) is 5.73 Å². The Hall–Kier alpha value is -1.56. The maximum absolute atomic E-state index is 11.5. The highest BCUT2D eigenvalue weighted by Crippen LogP contribution is 2.28. The van der Waals surface area contributed by atoms with E-state index in [9.17, 15) is 9.59 Å². The van der Waals surface area contributed by atoms with Crippen LogP contribution in [0.5, 0.6) is 0 Å². The minimum absolute atomic E-state index is 0.138. The van der Waals surface area contributed by atoms with E-state index in [0.717, 1.165) is 4.47 Å². The van der Waals surface area contributed by atoms with Crippen molar-refractivity contribution in [3.05, 3.63) is 22.7 Å². The summed E-state index contributed by atoms with van der Waals surface area (Å²) in [6, 6.07) is 4.96. The van der Waals surface area contributed by atoms with E-state index in [1.54, 1.807) is 24.0 Å². The van der Waals surface area contributed by atoms with Gasteiger partial charge in [0.25, 0.3) is 0 Å². The molecule has 2 amide bonds. The molecule has 3 N–H and O–H groups in total. The van der Waals surface area contributed by atoms with E-state index in [0.29, 0.717) is 11.4 Å². The van der Waals surface area contributed by atoms with Gasteiger partial charge < -0.3 is 10.6 Å². The Balaban J connectivity index is 2.37. The molecule has 1 unspecified atom stereocenters. The van der Waals surface area contributed by atoms with Crippen molar-refractivity contribution in [3.8, 4) is 0 Å². The molecular formula is C11H12BrN3O2. The zero-order chi connectivity index (χ0) is 12.6. The molecule has 17 heavy (non-hydrogen) atoms. The standard InChI is InChI=1S/C11H12BrN3O2/c1-6-11(17)14-10(16)5-15(6)9-3-2-7(12)4-8(9)13/h2-4,6H,5,13H2,1H3,(H,14,16,17). The zero-order valence-electron chi connectivity index (χ0n) is 9.24. The molecule has 1 aromatic rings. The average molecular weight is 298 g/mol. The molecule has 1 aliphatic heterocycles. The Bertz CT molecular complexity index is 490. The van der Waals surface area contributed by atoms with E-state index < -0.39 is 6.04 Å². The fourth-order valence-corrected chi connectivity index (χ4v) is 2.17. The first-order valence-corrected chi connectivity index (χ1v) is 5.93. The monoisotopic (exact) mass is 297 g/mol. The molecular weight excluding hydrogens is 286 g/mol. The molecule has 0 bridgehead atoms. The fourth-order valence-electron chi connectivity index (χ4n) is 1.80. The van der Waals surface area contributed by atoms with Gasteiger partial charge in [0, 0.05) is 4.47 Å². The summed E-state index contributed by atoms with van der Waals surface area (Å²) in [6.07, 6.45) is 0. The van der Waals surface area contributed by atoms with Crippen LogP contribution in [0.1, 0.15) is 6.92 Å². The molecule has 0 aliphatic carbocycles. The van der Waals surface area contributed by atoms with Gasteiger partial charge in [0.2, 0.25) is 11.8 Å². The maximum Gasteiger partial charge on any atom is 0.249 e. The van der Waals surface area contributed by atoms with E-state index in [2.05, 4.69) is 21.2 Å². The Labute approximate surface area is 107 Å². The summed E-state index contributed by atoms with van der Waals surface area (Å²) in [4.78, 5) is 24.6. The van der Waals surface area contributed by atoms with Crippen LogP contribution in [0, 0.1) is 0 Å². The normalized spacial score (nSPS) is 20.4. The number of nitrogens with zero attached hydrogens (tertiary/aromatic N) is 1. The number of imide groups is 1. The molecule has 0 radical (unpaired) electrons. The summed E-state index contributed by atoms with van der Waals surface area (Å²) in [5.41, 5.74) is 7.12. The van der Waals surface area contributed by atoms with Crippen LogP contribution in [0.2, 0.25) is 0 Å². The number of halogens is 1. The first-order chi connectivity index (χ1) is 7.99. The van der Waals surface area contributed by atoms with Crippen LogP contribution in [0.4, 0.5) is 11.4 Å². The van der Waals surface area contributed by atoms with Gasteiger partial charge in [0.05, 0.1) is 17.9 Å².